The summed E-state index contributed by atoms with van der Waals surface area (Å²) >= 11 is 0. The monoisotopic (exact) mass is 184 g/mol. The highest BCUT2D eigenvalue weighted by Crippen LogP contribution is 2.23. The number of nitrogens with one attached hydrogen (secondary N) is 1. The van der Waals surface area contributed by atoms with Crippen LogP contribution in [-0.4, -0.2) is 16.1 Å². The molecule has 0 amide bonds. The van der Waals surface area contributed by atoms with Crippen LogP contribution >= 0.6 is 0 Å². The minimum absolute atomic E-state index is 0.661. The van der Waals surface area contributed by atoms with Crippen LogP contribution in [0.2, 0.25) is 0 Å². The first-order chi connectivity index (χ1) is 6.88. The van der Waals surface area contributed by atoms with Crippen molar-refractivity contribution in [1.29, 1.82) is 5.26 Å². The van der Waals surface area contributed by atoms with Crippen LogP contribution < -0.4 is 5.32 Å². The second-order valence-corrected chi connectivity index (χ2v) is 3.33. The van der Waals surface area contributed by atoms with Gasteiger partial charge in [0.2, 0.25) is 5.95 Å². The van der Waals surface area contributed by atoms with Crippen molar-refractivity contribution in [2.45, 2.75) is 6.54 Å². The molecule has 3 rings (SSSR count). The van der Waals surface area contributed by atoms with E-state index in [9.17, 15) is 0 Å². The van der Waals surface area contributed by atoms with E-state index in [1.54, 1.807) is 0 Å². The Bertz CT molecular complexity index is 547. The molecule has 1 aromatic carbocycles. The zero-order valence-electron chi connectivity index (χ0n) is 7.49. The lowest BCUT2D eigenvalue weighted by molar-refractivity contribution is 0.837. The molecule has 2 aromatic rings. The van der Waals surface area contributed by atoms with Crippen LogP contribution in [0.1, 0.15) is 5.56 Å². The van der Waals surface area contributed by atoms with Gasteiger partial charge < -0.3 is 9.88 Å². The number of imidazole rings is 1. The molecule has 14 heavy (non-hydrogen) atoms. The van der Waals surface area contributed by atoms with Gasteiger partial charge in [-0.15, -0.1) is 0 Å². The smallest absolute Gasteiger partial charge is 0.204 e. The van der Waals surface area contributed by atoms with Crippen LogP contribution in [0.15, 0.2) is 18.2 Å². The van der Waals surface area contributed by atoms with E-state index in [1.165, 1.54) is 0 Å². The largest absolute Gasteiger partial charge is 0.354 e. The van der Waals surface area contributed by atoms with Crippen LogP contribution in [0, 0.1) is 11.3 Å². The van der Waals surface area contributed by atoms with Gasteiger partial charge in [0.25, 0.3) is 0 Å². The Balaban J connectivity index is 2.33. The van der Waals surface area contributed by atoms with Crippen molar-refractivity contribution >= 4 is 17.0 Å². The quantitative estimate of drug-likeness (QED) is 0.672. The normalized spacial score (nSPS) is 13.6. The van der Waals surface area contributed by atoms with E-state index in [2.05, 4.69) is 20.9 Å². The Morgan fingerprint density at radius 2 is 2.43 bits per heavy atom. The molecule has 0 radical (unpaired) electrons. The van der Waals surface area contributed by atoms with Crippen molar-refractivity contribution in [2.75, 3.05) is 11.9 Å². The van der Waals surface area contributed by atoms with Gasteiger partial charge in [0.05, 0.1) is 22.7 Å². The fourth-order valence-corrected chi connectivity index (χ4v) is 1.84. The molecular weight excluding hydrogens is 176 g/mol. The molecule has 0 aliphatic carbocycles. The number of hydrogen-bond acceptors (Lipinski definition) is 3. The number of nitriles is 1. The molecule has 0 saturated carbocycles. The number of aromatic nitrogens is 2. The molecule has 68 valence electrons. The summed E-state index contributed by atoms with van der Waals surface area (Å²) in [5, 5.41) is 11.9. The SMILES string of the molecule is N#Cc1ccc2c(c1)nc1n2CCN1. The number of rotatable bonds is 0. The molecule has 0 fully saturated rings. The highest BCUT2D eigenvalue weighted by atomic mass is 15.3. The minimum Gasteiger partial charge on any atom is -0.354 e. The van der Waals surface area contributed by atoms with Gasteiger partial charge in [-0.25, -0.2) is 4.98 Å². The summed E-state index contributed by atoms with van der Waals surface area (Å²) in [5.41, 5.74) is 2.66. The van der Waals surface area contributed by atoms with Crippen molar-refractivity contribution in [3.63, 3.8) is 0 Å². The summed E-state index contributed by atoms with van der Waals surface area (Å²) in [5.74, 6) is 0.912. The third-order valence-electron chi connectivity index (χ3n) is 2.50. The molecule has 0 atom stereocenters. The van der Waals surface area contributed by atoms with E-state index in [0.717, 1.165) is 30.1 Å². The molecular formula is C10H8N4. The maximum absolute atomic E-state index is 8.74. The van der Waals surface area contributed by atoms with Gasteiger partial charge in [0.1, 0.15) is 0 Å². The van der Waals surface area contributed by atoms with Crippen molar-refractivity contribution < 1.29 is 0 Å². The van der Waals surface area contributed by atoms with E-state index in [0.29, 0.717) is 5.56 Å². The predicted octanol–water partition coefficient (Wildman–Crippen LogP) is 1.33. The van der Waals surface area contributed by atoms with Crippen molar-refractivity contribution in [1.82, 2.24) is 9.55 Å². The summed E-state index contributed by atoms with van der Waals surface area (Å²) < 4.78 is 2.14. The summed E-state index contributed by atoms with van der Waals surface area (Å²) in [6.45, 7) is 1.90. The third kappa shape index (κ3) is 0.839. The second-order valence-electron chi connectivity index (χ2n) is 3.33. The third-order valence-corrected chi connectivity index (χ3v) is 2.50. The van der Waals surface area contributed by atoms with Crippen LogP contribution in [0.3, 0.4) is 0 Å². The number of fused-ring (bicyclic) bond motifs is 3. The Morgan fingerprint density at radius 3 is 3.29 bits per heavy atom. The average Bonchev–Trinajstić information content (AvgIpc) is 2.75. The summed E-state index contributed by atoms with van der Waals surface area (Å²) in [7, 11) is 0. The average molecular weight is 184 g/mol. The standard InChI is InChI=1S/C10H8N4/c11-6-7-1-2-9-8(5-7)13-10-12-3-4-14(9)10/h1-2,5H,3-4H2,(H,12,13). The van der Waals surface area contributed by atoms with Gasteiger partial charge in [-0.3, -0.25) is 0 Å². The molecule has 0 bridgehead atoms. The maximum Gasteiger partial charge on any atom is 0.204 e. The summed E-state index contributed by atoms with van der Waals surface area (Å²) in [6, 6.07) is 7.72. The molecule has 0 saturated heterocycles. The minimum atomic E-state index is 0.661. The predicted molar refractivity (Wildman–Crippen MR) is 52.9 cm³/mol. The van der Waals surface area contributed by atoms with Crippen LogP contribution in [0.25, 0.3) is 11.0 Å². The van der Waals surface area contributed by atoms with E-state index < -0.39 is 0 Å². The molecule has 1 N–H and O–H groups in total. The Morgan fingerprint density at radius 1 is 1.50 bits per heavy atom. The number of nitrogens with zero attached hydrogens (tertiary/aromatic N) is 3. The van der Waals surface area contributed by atoms with Gasteiger partial charge in [0, 0.05) is 13.1 Å². The topological polar surface area (TPSA) is 53.6 Å². The van der Waals surface area contributed by atoms with Gasteiger partial charge in [-0.05, 0) is 18.2 Å². The van der Waals surface area contributed by atoms with E-state index in [-0.39, 0.29) is 0 Å². The van der Waals surface area contributed by atoms with E-state index in [4.69, 9.17) is 5.26 Å². The molecule has 2 heterocycles. The molecule has 1 aliphatic rings. The Labute approximate surface area is 80.8 Å². The molecule has 1 aromatic heterocycles. The van der Waals surface area contributed by atoms with Crippen molar-refractivity contribution in [2.24, 2.45) is 0 Å². The number of anilines is 1. The first kappa shape index (κ1) is 7.39. The summed E-state index contributed by atoms with van der Waals surface area (Å²) in [6.07, 6.45) is 0. The van der Waals surface area contributed by atoms with Crippen LogP contribution in [-0.2, 0) is 6.54 Å². The fraction of sp³-hybridized carbons (Fsp3) is 0.200. The van der Waals surface area contributed by atoms with Gasteiger partial charge in [0.15, 0.2) is 0 Å². The van der Waals surface area contributed by atoms with Crippen LogP contribution in [0.5, 0.6) is 0 Å². The highest BCUT2D eigenvalue weighted by molar-refractivity contribution is 5.80. The Hall–Kier alpha value is -2.02. The fourth-order valence-electron chi connectivity index (χ4n) is 1.84. The molecule has 1 aliphatic heterocycles. The highest BCUT2D eigenvalue weighted by Gasteiger charge is 2.14. The van der Waals surface area contributed by atoms with Gasteiger partial charge in [-0.1, -0.05) is 0 Å². The van der Waals surface area contributed by atoms with Crippen molar-refractivity contribution in [3.8, 4) is 6.07 Å². The first-order valence-corrected chi connectivity index (χ1v) is 4.53. The Kier molecular flexibility index (Phi) is 1.31. The molecule has 4 nitrogen and oxygen atoms in total. The molecule has 0 spiro atoms. The maximum atomic E-state index is 8.74. The van der Waals surface area contributed by atoms with Crippen molar-refractivity contribution in [3.05, 3.63) is 23.8 Å². The first-order valence-electron chi connectivity index (χ1n) is 4.53. The van der Waals surface area contributed by atoms with E-state index in [1.807, 2.05) is 18.2 Å². The lowest BCUT2D eigenvalue weighted by Gasteiger charge is -1.95. The van der Waals surface area contributed by atoms with E-state index >= 15 is 0 Å². The van der Waals surface area contributed by atoms with Gasteiger partial charge >= 0.3 is 0 Å². The second kappa shape index (κ2) is 2.48. The lowest BCUT2D eigenvalue weighted by atomic mass is 10.2. The lowest BCUT2D eigenvalue weighted by Crippen LogP contribution is -1.94. The number of benzene rings is 1. The zero-order chi connectivity index (χ0) is 9.54. The molecule has 0 unspecified atom stereocenters. The number of hydrogen-bond donors (Lipinski definition) is 1. The van der Waals surface area contributed by atoms with Crippen LogP contribution in [0.4, 0.5) is 5.95 Å². The van der Waals surface area contributed by atoms with Gasteiger partial charge in [-0.2, -0.15) is 5.26 Å². The zero-order valence-corrected chi connectivity index (χ0v) is 7.49. The summed E-state index contributed by atoms with van der Waals surface area (Å²) in [4.78, 5) is 4.40. The molecule has 4 heteroatoms.